The Morgan fingerprint density at radius 3 is 1.94 bits per heavy atom. The Morgan fingerprint density at radius 1 is 0.844 bits per heavy atom. The molecule has 0 aromatic heterocycles. The maximum atomic E-state index is 13.9. The minimum atomic E-state index is -1.77. The molecule has 0 spiro atoms. The number of carbonyl (C=O) groups excluding carboxylic acids is 2. The Hall–Kier alpha value is -4.00. The first-order chi connectivity index (χ1) is 15.4. The first-order valence-electron chi connectivity index (χ1n) is 10.0. The molecular weight excluding hydrogens is 410 g/mol. The van der Waals surface area contributed by atoms with Crippen LogP contribution in [0.25, 0.3) is 0 Å². The Morgan fingerprint density at radius 2 is 1.41 bits per heavy atom. The standard InChI is InChI=1S/C25H21NO6/c1-31-21-13-12-16(14-22(21)32-2)20(15-26(29)30)25(17-8-4-3-5-9-17)23(27)18-10-6-7-11-19(18)24(25)28/h3-14,20H,15H2,1-2H3/t20-/m1/s1. The number of ketones is 2. The highest BCUT2D eigenvalue weighted by Gasteiger charge is 2.60. The van der Waals surface area contributed by atoms with Crippen LogP contribution in [-0.2, 0) is 5.41 Å². The average Bonchev–Trinajstić information content (AvgIpc) is 3.05. The maximum absolute atomic E-state index is 13.9. The minimum absolute atomic E-state index is 0.273. The summed E-state index contributed by atoms with van der Waals surface area (Å²) < 4.78 is 10.7. The lowest BCUT2D eigenvalue weighted by Crippen LogP contribution is -2.46. The van der Waals surface area contributed by atoms with E-state index in [1.54, 1.807) is 72.8 Å². The zero-order valence-electron chi connectivity index (χ0n) is 17.6. The number of Topliss-reactive ketones (excluding diaryl/α,β-unsaturated/α-hetero) is 2. The number of ether oxygens (including phenoxy) is 2. The van der Waals surface area contributed by atoms with Crippen molar-refractivity contribution in [2.45, 2.75) is 11.3 Å². The molecule has 0 N–H and O–H groups in total. The van der Waals surface area contributed by atoms with Crippen molar-refractivity contribution in [1.29, 1.82) is 0 Å². The van der Waals surface area contributed by atoms with E-state index in [9.17, 15) is 19.7 Å². The summed E-state index contributed by atoms with van der Waals surface area (Å²) in [5, 5.41) is 11.8. The van der Waals surface area contributed by atoms with Crippen LogP contribution in [0.1, 0.15) is 37.8 Å². The van der Waals surface area contributed by atoms with Crippen LogP contribution in [0.3, 0.4) is 0 Å². The number of fused-ring (bicyclic) bond motifs is 1. The number of rotatable bonds is 7. The smallest absolute Gasteiger partial charge is 0.212 e. The van der Waals surface area contributed by atoms with E-state index in [0.29, 0.717) is 22.6 Å². The van der Waals surface area contributed by atoms with Crippen molar-refractivity contribution in [3.8, 4) is 11.5 Å². The van der Waals surface area contributed by atoms with Crippen LogP contribution < -0.4 is 9.47 Å². The van der Waals surface area contributed by atoms with Crippen molar-refractivity contribution in [2.75, 3.05) is 20.8 Å². The SMILES string of the molecule is COc1ccc([C@@H](C[N+](=O)[O-])C2(c3ccccc3)C(=O)c3ccccc3C2=O)cc1OC. The van der Waals surface area contributed by atoms with Crippen LogP contribution in [0.5, 0.6) is 11.5 Å². The van der Waals surface area contributed by atoms with Gasteiger partial charge in [0.1, 0.15) is 5.41 Å². The minimum Gasteiger partial charge on any atom is -0.493 e. The number of benzene rings is 3. The molecule has 1 atom stereocenters. The maximum Gasteiger partial charge on any atom is 0.212 e. The van der Waals surface area contributed by atoms with E-state index in [4.69, 9.17) is 9.47 Å². The summed E-state index contributed by atoms with van der Waals surface area (Å²) in [7, 11) is 2.94. The third-order valence-corrected chi connectivity index (χ3v) is 6.03. The first kappa shape index (κ1) is 21.2. The molecule has 4 rings (SSSR count). The van der Waals surface area contributed by atoms with Gasteiger partial charge >= 0.3 is 0 Å². The lowest BCUT2D eigenvalue weighted by Gasteiger charge is -2.33. The molecule has 0 saturated carbocycles. The van der Waals surface area contributed by atoms with Gasteiger partial charge < -0.3 is 9.47 Å². The molecule has 7 nitrogen and oxygen atoms in total. The van der Waals surface area contributed by atoms with Gasteiger partial charge in [-0.25, -0.2) is 0 Å². The van der Waals surface area contributed by atoms with Crippen molar-refractivity contribution in [2.24, 2.45) is 0 Å². The lowest BCUT2D eigenvalue weighted by atomic mass is 9.64. The van der Waals surface area contributed by atoms with Crippen molar-refractivity contribution >= 4 is 11.6 Å². The van der Waals surface area contributed by atoms with E-state index in [2.05, 4.69) is 0 Å². The second-order valence-electron chi connectivity index (χ2n) is 7.56. The summed E-state index contributed by atoms with van der Waals surface area (Å²) >= 11 is 0. The molecule has 0 fully saturated rings. The third-order valence-electron chi connectivity index (χ3n) is 6.03. The summed E-state index contributed by atoms with van der Waals surface area (Å²) in [6.07, 6.45) is 0. The molecule has 0 aliphatic heterocycles. The Labute approximate surface area is 184 Å². The number of hydrogen-bond acceptors (Lipinski definition) is 6. The Bertz CT molecular complexity index is 1170. The summed E-state index contributed by atoms with van der Waals surface area (Å²) in [6, 6.07) is 20.0. The summed E-state index contributed by atoms with van der Waals surface area (Å²) in [5.74, 6) is -1.14. The Balaban J connectivity index is 2.02. The molecule has 162 valence electrons. The van der Waals surface area contributed by atoms with E-state index in [1.165, 1.54) is 14.2 Å². The molecule has 0 heterocycles. The van der Waals surface area contributed by atoms with E-state index < -0.39 is 34.4 Å². The first-order valence-corrected chi connectivity index (χ1v) is 10.0. The molecule has 3 aromatic rings. The summed E-state index contributed by atoms with van der Waals surface area (Å²) in [6.45, 7) is -0.615. The molecule has 0 saturated heterocycles. The highest BCUT2D eigenvalue weighted by atomic mass is 16.6. The summed E-state index contributed by atoms with van der Waals surface area (Å²) in [4.78, 5) is 39.1. The fraction of sp³-hybridized carbons (Fsp3) is 0.200. The predicted molar refractivity (Wildman–Crippen MR) is 117 cm³/mol. The van der Waals surface area contributed by atoms with Crippen LogP contribution in [0, 0.1) is 10.1 Å². The van der Waals surface area contributed by atoms with Gasteiger partial charge in [0.2, 0.25) is 6.54 Å². The van der Waals surface area contributed by atoms with Gasteiger partial charge in [-0.3, -0.25) is 19.7 Å². The normalized spacial score (nSPS) is 15.2. The van der Waals surface area contributed by atoms with Crippen LogP contribution in [0.15, 0.2) is 72.8 Å². The predicted octanol–water partition coefficient (Wildman–Crippen LogP) is 4.08. The zero-order valence-corrected chi connectivity index (χ0v) is 17.6. The fourth-order valence-electron chi connectivity index (χ4n) is 4.60. The van der Waals surface area contributed by atoms with Crippen LogP contribution >= 0.6 is 0 Å². The van der Waals surface area contributed by atoms with Gasteiger partial charge in [-0.1, -0.05) is 60.7 Å². The largest absolute Gasteiger partial charge is 0.493 e. The zero-order chi connectivity index (χ0) is 22.9. The molecule has 7 heteroatoms. The second kappa shape index (κ2) is 8.26. The molecule has 0 unspecified atom stereocenters. The quantitative estimate of drug-likeness (QED) is 0.318. The summed E-state index contributed by atoms with van der Waals surface area (Å²) in [5.41, 5.74) is -0.353. The number of nitro groups is 1. The van der Waals surface area contributed by atoms with Crippen molar-refractivity contribution in [1.82, 2.24) is 0 Å². The van der Waals surface area contributed by atoms with Gasteiger partial charge in [-0.05, 0) is 23.3 Å². The molecule has 1 aliphatic carbocycles. The number of methoxy groups -OCH3 is 2. The van der Waals surface area contributed by atoms with E-state index in [1.807, 2.05) is 0 Å². The van der Waals surface area contributed by atoms with Gasteiger partial charge in [-0.15, -0.1) is 0 Å². The van der Waals surface area contributed by atoms with Crippen molar-refractivity contribution < 1.29 is 24.0 Å². The third kappa shape index (κ3) is 3.13. The number of hydrogen-bond donors (Lipinski definition) is 0. The second-order valence-corrected chi connectivity index (χ2v) is 7.56. The molecule has 32 heavy (non-hydrogen) atoms. The lowest BCUT2D eigenvalue weighted by molar-refractivity contribution is -0.484. The Kier molecular flexibility index (Phi) is 5.48. The highest BCUT2D eigenvalue weighted by molar-refractivity contribution is 6.33. The van der Waals surface area contributed by atoms with Gasteiger partial charge in [0.25, 0.3) is 0 Å². The number of nitrogens with zero attached hydrogens (tertiary/aromatic N) is 1. The molecule has 0 amide bonds. The van der Waals surface area contributed by atoms with E-state index in [0.717, 1.165) is 0 Å². The molecule has 0 bridgehead atoms. The van der Waals surface area contributed by atoms with Crippen molar-refractivity contribution in [3.05, 3.63) is 105 Å². The van der Waals surface area contributed by atoms with Crippen LogP contribution in [0.4, 0.5) is 0 Å². The van der Waals surface area contributed by atoms with Gasteiger partial charge in [-0.2, -0.15) is 0 Å². The van der Waals surface area contributed by atoms with Crippen LogP contribution in [-0.4, -0.2) is 37.3 Å². The van der Waals surface area contributed by atoms with Gasteiger partial charge in [0, 0.05) is 16.1 Å². The highest BCUT2D eigenvalue weighted by Crippen LogP contribution is 2.50. The van der Waals surface area contributed by atoms with E-state index >= 15 is 0 Å². The van der Waals surface area contributed by atoms with E-state index in [-0.39, 0.29) is 11.1 Å². The topological polar surface area (TPSA) is 95.7 Å². The molecule has 3 aromatic carbocycles. The molecule has 0 radical (unpaired) electrons. The van der Waals surface area contributed by atoms with Crippen LogP contribution in [0.2, 0.25) is 0 Å². The van der Waals surface area contributed by atoms with Crippen molar-refractivity contribution in [3.63, 3.8) is 0 Å². The van der Waals surface area contributed by atoms with Gasteiger partial charge in [0.05, 0.1) is 20.1 Å². The molecular formula is C25H21NO6. The monoisotopic (exact) mass is 431 g/mol. The molecule has 1 aliphatic rings. The fourth-order valence-corrected chi connectivity index (χ4v) is 4.60. The average molecular weight is 431 g/mol. The van der Waals surface area contributed by atoms with Gasteiger partial charge in [0.15, 0.2) is 23.1 Å². The number of carbonyl (C=O) groups is 2.